The van der Waals surface area contributed by atoms with Gasteiger partial charge in [0.15, 0.2) is 0 Å². The van der Waals surface area contributed by atoms with Crippen molar-refractivity contribution in [1.82, 2.24) is 10.2 Å². The third kappa shape index (κ3) is 3.06. The summed E-state index contributed by atoms with van der Waals surface area (Å²) in [5.41, 5.74) is 1.51. The van der Waals surface area contributed by atoms with E-state index in [-0.39, 0.29) is 0 Å². The minimum atomic E-state index is 0.633. The van der Waals surface area contributed by atoms with Crippen LogP contribution in [0.4, 0.5) is 0 Å². The van der Waals surface area contributed by atoms with Crippen LogP contribution in [-0.2, 0) is 0 Å². The van der Waals surface area contributed by atoms with Crippen molar-refractivity contribution in [2.24, 2.45) is 5.92 Å². The van der Waals surface area contributed by atoms with Crippen LogP contribution in [-0.4, -0.2) is 31.1 Å². The van der Waals surface area contributed by atoms with E-state index in [0.29, 0.717) is 6.04 Å². The van der Waals surface area contributed by atoms with Crippen LogP contribution in [0.5, 0.6) is 0 Å². The molecule has 1 saturated heterocycles. The molecule has 0 amide bonds. The zero-order chi connectivity index (χ0) is 11.4. The Morgan fingerprint density at radius 2 is 2.12 bits per heavy atom. The molecule has 1 aromatic heterocycles. The van der Waals surface area contributed by atoms with Crippen molar-refractivity contribution in [1.29, 1.82) is 0 Å². The number of hydrogen-bond donors (Lipinski definition) is 1. The molecule has 2 rings (SSSR count). The summed E-state index contributed by atoms with van der Waals surface area (Å²) < 4.78 is 0. The van der Waals surface area contributed by atoms with E-state index < -0.39 is 0 Å². The molecule has 1 atom stereocenters. The van der Waals surface area contributed by atoms with Gasteiger partial charge in [0.25, 0.3) is 0 Å². The average molecular weight is 238 g/mol. The molecule has 1 aliphatic rings. The molecule has 1 fully saturated rings. The molecule has 3 heteroatoms. The van der Waals surface area contributed by atoms with Crippen LogP contribution in [0, 0.1) is 5.92 Å². The molecule has 0 spiro atoms. The summed E-state index contributed by atoms with van der Waals surface area (Å²) in [5.74, 6) is 0.764. The van der Waals surface area contributed by atoms with Gasteiger partial charge in [-0.25, -0.2) is 0 Å². The second-order valence-electron chi connectivity index (χ2n) is 4.99. The molecule has 1 N–H and O–H groups in total. The lowest BCUT2D eigenvalue weighted by molar-refractivity contribution is 0.154. The van der Waals surface area contributed by atoms with Gasteiger partial charge in [-0.1, -0.05) is 13.8 Å². The molecule has 2 heterocycles. The summed E-state index contributed by atoms with van der Waals surface area (Å²) in [6.45, 7) is 9.29. The molecule has 0 aromatic carbocycles. The highest BCUT2D eigenvalue weighted by Crippen LogP contribution is 2.29. The van der Waals surface area contributed by atoms with Gasteiger partial charge in [-0.3, -0.25) is 4.90 Å². The maximum Gasteiger partial charge on any atom is 0.0359 e. The van der Waals surface area contributed by atoms with Gasteiger partial charge in [-0.2, -0.15) is 11.3 Å². The largest absolute Gasteiger partial charge is 0.314 e. The Hall–Kier alpha value is -0.380. The second-order valence-corrected chi connectivity index (χ2v) is 5.77. The minimum absolute atomic E-state index is 0.633. The number of rotatable bonds is 4. The van der Waals surface area contributed by atoms with E-state index >= 15 is 0 Å². The van der Waals surface area contributed by atoms with Crippen molar-refractivity contribution in [2.45, 2.75) is 26.3 Å². The summed E-state index contributed by atoms with van der Waals surface area (Å²) in [4.78, 5) is 2.64. The molecular weight excluding hydrogens is 216 g/mol. The molecule has 1 aromatic rings. The first-order valence-electron chi connectivity index (χ1n) is 6.24. The summed E-state index contributed by atoms with van der Waals surface area (Å²) >= 11 is 1.82. The molecular formula is C13H22N2S. The normalized spacial score (nSPS) is 20.2. The van der Waals surface area contributed by atoms with Crippen LogP contribution >= 0.6 is 11.3 Å². The molecule has 0 bridgehead atoms. The van der Waals surface area contributed by atoms with Crippen LogP contribution < -0.4 is 5.32 Å². The second kappa shape index (κ2) is 5.80. The molecule has 0 saturated carbocycles. The molecule has 2 nitrogen and oxygen atoms in total. The van der Waals surface area contributed by atoms with Gasteiger partial charge >= 0.3 is 0 Å². The van der Waals surface area contributed by atoms with Crippen molar-refractivity contribution in [3.8, 4) is 0 Å². The maximum absolute atomic E-state index is 3.43. The topological polar surface area (TPSA) is 15.3 Å². The third-order valence-electron chi connectivity index (χ3n) is 3.21. The molecule has 1 aliphatic heterocycles. The van der Waals surface area contributed by atoms with E-state index in [0.717, 1.165) is 19.0 Å². The molecule has 16 heavy (non-hydrogen) atoms. The lowest BCUT2D eigenvalue weighted by Crippen LogP contribution is -2.45. The van der Waals surface area contributed by atoms with Crippen LogP contribution in [0.15, 0.2) is 16.8 Å². The van der Waals surface area contributed by atoms with E-state index in [1.54, 1.807) is 0 Å². The number of thiophene rings is 1. The monoisotopic (exact) mass is 238 g/mol. The lowest BCUT2D eigenvalue weighted by Gasteiger charge is -2.35. The third-order valence-corrected chi connectivity index (χ3v) is 3.92. The number of nitrogens with one attached hydrogen (secondary N) is 1. The first kappa shape index (κ1) is 12.1. The van der Waals surface area contributed by atoms with E-state index in [1.807, 2.05) is 11.3 Å². The highest BCUT2D eigenvalue weighted by molar-refractivity contribution is 7.07. The smallest absolute Gasteiger partial charge is 0.0359 e. The van der Waals surface area contributed by atoms with E-state index in [2.05, 4.69) is 40.9 Å². The number of nitrogens with zero attached hydrogens (tertiary/aromatic N) is 1. The van der Waals surface area contributed by atoms with Gasteiger partial charge in [0.1, 0.15) is 0 Å². The SMILES string of the molecule is CC(C)C[C@@H](c1ccsc1)N1CCNCC1. The fourth-order valence-electron chi connectivity index (χ4n) is 2.40. The van der Waals surface area contributed by atoms with Crippen LogP contribution in [0.25, 0.3) is 0 Å². The summed E-state index contributed by atoms with van der Waals surface area (Å²) in [7, 11) is 0. The Morgan fingerprint density at radius 1 is 1.38 bits per heavy atom. The summed E-state index contributed by atoms with van der Waals surface area (Å²) in [5, 5.41) is 7.94. The predicted molar refractivity (Wildman–Crippen MR) is 71.0 cm³/mol. The first-order valence-corrected chi connectivity index (χ1v) is 7.18. The van der Waals surface area contributed by atoms with Gasteiger partial charge in [0.2, 0.25) is 0 Å². The number of piperazine rings is 1. The molecule has 0 aliphatic carbocycles. The zero-order valence-electron chi connectivity index (χ0n) is 10.3. The Balaban J connectivity index is 2.07. The Bertz CT molecular complexity index is 289. The van der Waals surface area contributed by atoms with Crippen LogP contribution in [0.2, 0.25) is 0 Å². The Morgan fingerprint density at radius 3 is 2.69 bits per heavy atom. The average Bonchev–Trinajstić information content (AvgIpc) is 2.80. The van der Waals surface area contributed by atoms with Gasteiger partial charge in [0.05, 0.1) is 0 Å². The van der Waals surface area contributed by atoms with E-state index in [1.165, 1.54) is 25.1 Å². The van der Waals surface area contributed by atoms with Gasteiger partial charge in [-0.15, -0.1) is 0 Å². The van der Waals surface area contributed by atoms with Crippen molar-refractivity contribution in [3.05, 3.63) is 22.4 Å². The quantitative estimate of drug-likeness (QED) is 0.867. The maximum atomic E-state index is 3.43. The van der Waals surface area contributed by atoms with Crippen molar-refractivity contribution in [2.75, 3.05) is 26.2 Å². The lowest BCUT2D eigenvalue weighted by atomic mass is 9.97. The number of hydrogen-bond acceptors (Lipinski definition) is 3. The van der Waals surface area contributed by atoms with Gasteiger partial charge in [-0.05, 0) is 34.7 Å². The van der Waals surface area contributed by atoms with E-state index in [4.69, 9.17) is 0 Å². The first-order chi connectivity index (χ1) is 7.77. The van der Waals surface area contributed by atoms with Gasteiger partial charge in [0, 0.05) is 32.2 Å². The fourth-order valence-corrected chi connectivity index (χ4v) is 3.11. The highest BCUT2D eigenvalue weighted by atomic mass is 32.1. The molecule has 0 radical (unpaired) electrons. The minimum Gasteiger partial charge on any atom is -0.314 e. The highest BCUT2D eigenvalue weighted by Gasteiger charge is 2.22. The standard InChI is InChI=1S/C13H22N2S/c1-11(2)9-13(12-3-8-16-10-12)15-6-4-14-5-7-15/h3,8,10-11,13-14H,4-7,9H2,1-2H3/t13-/m0/s1. The summed E-state index contributed by atoms with van der Waals surface area (Å²) in [6.07, 6.45) is 1.27. The van der Waals surface area contributed by atoms with Crippen molar-refractivity contribution >= 4 is 11.3 Å². The van der Waals surface area contributed by atoms with Gasteiger partial charge < -0.3 is 5.32 Å². The predicted octanol–water partition coefficient (Wildman–Crippen LogP) is 2.74. The Kier molecular flexibility index (Phi) is 4.38. The Labute approximate surface area is 103 Å². The van der Waals surface area contributed by atoms with Crippen molar-refractivity contribution < 1.29 is 0 Å². The van der Waals surface area contributed by atoms with Crippen LogP contribution in [0.1, 0.15) is 31.9 Å². The summed E-state index contributed by atoms with van der Waals surface area (Å²) in [6, 6.07) is 2.92. The fraction of sp³-hybridized carbons (Fsp3) is 0.692. The molecule has 90 valence electrons. The van der Waals surface area contributed by atoms with E-state index in [9.17, 15) is 0 Å². The zero-order valence-corrected chi connectivity index (χ0v) is 11.1. The van der Waals surface area contributed by atoms with Crippen molar-refractivity contribution in [3.63, 3.8) is 0 Å². The van der Waals surface area contributed by atoms with Crippen LogP contribution in [0.3, 0.4) is 0 Å². The molecule has 0 unspecified atom stereocenters.